The standard InChI is InChI=1S/C13H21FN2O/c1-2-3-8-17-9-4-7-16-13-10-11(14)5-6-12(13)15/h5-6,10,16H,2-4,7-9,15H2,1H3. The van der Waals surface area contributed by atoms with Crippen molar-refractivity contribution < 1.29 is 9.13 Å². The van der Waals surface area contributed by atoms with Gasteiger partial charge in [0, 0.05) is 19.8 Å². The quantitative estimate of drug-likeness (QED) is 0.542. The van der Waals surface area contributed by atoms with E-state index in [2.05, 4.69) is 12.2 Å². The molecule has 0 aliphatic carbocycles. The predicted molar refractivity (Wildman–Crippen MR) is 69.6 cm³/mol. The van der Waals surface area contributed by atoms with Crippen LogP contribution < -0.4 is 11.1 Å². The van der Waals surface area contributed by atoms with Crippen LogP contribution in [0.25, 0.3) is 0 Å². The Bertz CT molecular complexity index is 331. The number of rotatable bonds is 8. The molecule has 0 radical (unpaired) electrons. The van der Waals surface area contributed by atoms with E-state index in [-0.39, 0.29) is 5.82 Å². The lowest BCUT2D eigenvalue weighted by atomic mass is 10.2. The van der Waals surface area contributed by atoms with Crippen molar-refractivity contribution in [1.82, 2.24) is 0 Å². The van der Waals surface area contributed by atoms with E-state index < -0.39 is 0 Å². The number of nitrogen functional groups attached to an aromatic ring is 1. The number of anilines is 2. The molecule has 0 saturated carbocycles. The van der Waals surface area contributed by atoms with E-state index in [0.29, 0.717) is 11.4 Å². The van der Waals surface area contributed by atoms with Crippen molar-refractivity contribution in [3.8, 4) is 0 Å². The summed E-state index contributed by atoms with van der Waals surface area (Å²) in [5, 5.41) is 3.10. The fraction of sp³-hybridized carbons (Fsp3) is 0.538. The van der Waals surface area contributed by atoms with Gasteiger partial charge in [-0.15, -0.1) is 0 Å². The molecule has 0 aliphatic heterocycles. The van der Waals surface area contributed by atoms with Crippen molar-refractivity contribution in [3.05, 3.63) is 24.0 Å². The second-order valence-electron chi connectivity index (χ2n) is 3.98. The number of nitrogens with one attached hydrogen (secondary N) is 1. The zero-order valence-electron chi connectivity index (χ0n) is 10.3. The van der Waals surface area contributed by atoms with E-state index in [1.54, 1.807) is 6.07 Å². The van der Waals surface area contributed by atoms with Gasteiger partial charge >= 0.3 is 0 Å². The molecule has 0 heterocycles. The summed E-state index contributed by atoms with van der Waals surface area (Å²) in [4.78, 5) is 0. The van der Waals surface area contributed by atoms with E-state index in [0.717, 1.165) is 39.0 Å². The molecule has 0 atom stereocenters. The normalized spacial score (nSPS) is 10.5. The van der Waals surface area contributed by atoms with Crippen LogP contribution in [0.4, 0.5) is 15.8 Å². The van der Waals surface area contributed by atoms with E-state index in [1.807, 2.05) is 0 Å². The molecule has 1 aromatic rings. The first-order chi connectivity index (χ1) is 8.24. The molecular weight excluding hydrogens is 219 g/mol. The second-order valence-corrected chi connectivity index (χ2v) is 3.98. The molecule has 0 fully saturated rings. The van der Waals surface area contributed by atoms with Gasteiger partial charge in [0.1, 0.15) is 5.82 Å². The number of unbranched alkanes of at least 4 members (excludes halogenated alkanes) is 1. The number of benzene rings is 1. The maximum absolute atomic E-state index is 12.9. The molecule has 0 saturated heterocycles. The Morgan fingerprint density at radius 1 is 1.29 bits per heavy atom. The Kier molecular flexibility index (Phi) is 6.40. The lowest BCUT2D eigenvalue weighted by Gasteiger charge is -2.09. The molecule has 17 heavy (non-hydrogen) atoms. The molecule has 1 rings (SSSR count). The van der Waals surface area contributed by atoms with Gasteiger partial charge in [0.2, 0.25) is 0 Å². The maximum atomic E-state index is 12.9. The van der Waals surface area contributed by atoms with Crippen LogP contribution in [0.2, 0.25) is 0 Å². The molecule has 0 bridgehead atoms. The van der Waals surface area contributed by atoms with Gasteiger partial charge in [-0.05, 0) is 31.0 Å². The van der Waals surface area contributed by atoms with Gasteiger partial charge in [0.05, 0.1) is 11.4 Å². The van der Waals surface area contributed by atoms with E-state index >= 15 is 0 Å². The third-order valence-corrected chi connectivity index (χ3v) is 2.44. The van der Waals surface area contributed by atoms with Gasteiger partial charge < -0.3 is 15.8 Å². The number of ether oxygens (including phenoxy) is 1. The average molecular weight is 240 g/mol. The third-order valence-electron chi connectivity index (χ3n) is 2.44. The summed E-state index contributed by atoms with van der Waals surface area (Å²) in [6.07, 6.45) is 3.14. The number of hydrogen-bond donors (Lipinski definition) is 2. The van der Waals surface area contributed by atoms with Crippen molar-refractivity contribution in [2.75, 3.05) is 30.8 Å². The summed E-state index contributed by atoms with van der Waals surface area (Å²) >= 11 is 0. The minimum absolute atomic E-state index is 0.277. The number of halogens is 1. The third kappa shape index (κ3) is 5.54. The summed E-state index contributed by atoms with van der Waals surface area (Å²) in [5.74, 6) is -0.277. The molecule has 1 aromatic carbocycles. The Balaban J connectivity index is 2.15. The fourth-order valence-electron chi connectivity index (χ4n) is 1.43. The summed E-state index contributed by atoms with van der Waals surface area (Å²) in [5.41, 5.74) is 6.93. The Morgan fingerprint density at radius 3 is 2.82 bits per heavy atom. The molecular formula is C13H21FN2O. The zero-order valence-corrected chi connectivity index (χ0v) is 10.3. The van der Waals surface area contributed by atoms with Gasteiger partial charge in [0.25, 0.3) is 0 Å². The minimum atomic E-state index is -0.277. The van der Waals surface area contributed by atoms with Crippen molar-refractivity contribution in [3.63, 3.8) is 0 Å². The summed E-state index contributed by atoms with van der Waals surface area (Å²) in [6, 6.07) is 4.33. The SMILES string of the molecule is CCCCOCCCNc1cc(F)ccc1N. The molecule has 0 aliphatic rings. The molecule has 4 heteroatoms. The first kappa shape index (κ1) is 13.8. The summed E-state index contributed by atoms with van der Waals surface area (Å²) in [7, 11) is 0. The minimum Gasteiger partial charge on any atom is -0.397 e. The van der Waals surface area contributed by atoms with Crippen molar-refractivity contribution >= 4 is 11.4 Å². The molecule has 0 spiro atoms. The van der Waals surface area contributed by atoms with Crippen LogP contribution in [0, 0.1) is 5.82 Å². The van der Waals surface area contributed by atoms with Crippen LogP contribution in [0.5, 0.6) is 0 Å². The van der Waals surface area contributed by atoms with Crippen LogP contribution in [-0.4, -0.2) is 19.8 Å². The summed E-state index contributed by atoms with van der Waals surface area (Å²) in [6.45, 7) is 4.41. The van der Waals surface area contributed by atoms with Crippen LogP contribution in [-0.2, 0) is 4.74 Å². The Morgan fingerprint density at radius 2 is 2.06 bits per heavy atom. The average Bonchev–Trinajstić information content (AvgIpc) is 2.32. The van der Waals surface area contributed by atoms with E-state index in [4.69, 9.17) is 10.5 Å². The predicted octanol–water partition coefficient (Wildman–Crippen LogP) is 3.03. The van der Waals surface area contributed by atoms with Crippen LogP contribution in [0.15, 0.2) is 18.2 Å². The lowest BCUT2D eigenvalue weighted by molar-refractivity contribution is 0.131. The second kappa shape index (κ2) is 7.90. The Hall–Kier alpha value is -1.29. The van der Waals surface area contributed by atoms with Crippen molar-refractivity contribution in [1.29, 1.82) is 0 Å². The van der Waals surface area contributed by atoms with Crippen molar-refractivity contribution in [2.24, 2.45) is 0 Å². The van der Waals surface area contributed by atoms with E-state index in [9.17, 15) is 4.39 Å². The maximum Gasteiger partial charge on any atom is 0.125 e. The van der Waals surface area contributed by atoms with Gasteiger partial charge in [-0.1, -0.05) is 13.3 Å². The highest BCUT2D eigenvalue weighted by molar-refractivity contribution is 5.65. The van der Waals surface area contributed by atoms with Gasteiger partial charge in [-0.25, -0.2) is 4.39 Å². The first-order valence-electron chi connectivity index (χ1n) is 6.10. The van der Waals surface area contributed by atoms with Crippen LogP contribution >= 0.6 is 0 Å². The monoisotopic (exact) mass is 240 g/mol. The highest BCUT2D eigenvalue weighted by atomic mass is 19.1. The Labute approximate surface area is 102 Å². The van der Waals surface area contributed by atoms with Gasteiger partial charge in [-0.2, -0.15) is 0 Å². The number of nitrogens with two attached hydrogens (primary N) is 1. The topological polar surface area (TPSA) is 47.3 Å². The smallest absolute Gasteiger partial charge is 0.125 e. The van der Waals surface area contributed by atoms with Crippen molar-refractivity contribution in [2.45, 2.75) is 26.2 Å². The summed E-state index contributed by atoms with van der Waals surface area (Å²) < 4.78 is 18.4. The number of hydrogen-bond acceptors (Lipinski definition) is 3. The first-order valence-corrected chi connectivity index (χ1v) is 6.10. The van der Waals surface area contributed by atoms with Gasteiger partial charge in [-0.3, -0.25) is 0 Å². The van der Waals surface area contributed by atoms with E-state index in [1.165, 1.54) is 12.1 Å². The highest BCUT2D eigenvalue weighted by Crippen LogP contribution is 2.18. The molecule has 0 aromatic heterocycles. The highest BCUT2D eigenvalue weighted by Gasteiger charge is 1.99. The molecule has 0 amide bonds. The molecule has 96 valence electrons. The molecule has 3 N–H and O–H groups in total. The van der Waals surface area contributed by atoms with Crippen LogP contribution in [0.3, 0.4) is 0 Å². The van der Waals surface area contributed by atoms with Crippen LogP contribution in [0.1, 0.15) is 26.2 Å². The zero-order chi connectivity index (χ0) is 12.5. The van der Waals surface area contributed by atoms with Gasteiger partial charge in [0.15, 0.2) is 0 Å². The largest absolute Gasteiger partial charge is 0.397 e. The fourth-order valence-corrected chi connectivity index (χ4v) is 1.43. The lowest BCUT2D eigenvalue weighted by Crippen LogP contribution is -2.08. The molecule has 0 unspecified atom stereocenters. The molecule has 3 nitrogen and oxygen atoms in total.